The lowest BCUT2D eigenvalue weighted by molar-refractivity contribution is -0.131. The van der Waals surface area contributed by atoms with Gasteiger partial charge >= 0.3 is 0 Å². The molecule has 0 atom stereocenters. The van der Waals surface area contributed by atoms with Gasteiger partial charge in [-0.15, -0.1) is 0 Å². The van der Waals surface area contributed by atoms with E-state index in [0.29, 0.717) is 11.9 Å². The molecule has 0 aromatic heterocycles. The van der Waals surface area contributed by atoms with Crippen molar-refractivity contribution in [3.63, 3.8) is 0 Å². The van der Waals surface area contributed by atoms with Gasteiger partial charge in [0.2, 0.25) is 11.5 Å². The Morgan fingerprint density at radius 1 is 1.40 bits per heavy atom. The van der Waals surface area contributed by atoms with Crippen LogP contribution in [0.2, 0.25) is 0 Å². The third-order valence-corrected chi connectivity index (χ3v) is 1.17. The van der Waals surface area contributed by atoms with Crippen molar-refractivity contribution in [1.82, 2.24) is 0 Å². The van der Waals surface area contributed by atoms with Crippen LogP contribution in [0.25, 0.3) is 0 Å². The molecule has 50 valence electrons. The summed E-state index contributed by atoms with van der Waals surface area (Å²) >= 11 is 0. The molecule has 0 radical (unpaired) electrons. The topological polar surface area (TPSA) is 59.7 Å². The quantitative estimate of drug-likeness (QED) is 0.350. The van der Waals surface area contributed by atoms with E-state index < -0.39 is 0 Å². The minimum atomic E-state index is -0.245. The monoisotopic (exact) mass is 136 g/mol. The highest BCUT2D eigenvalue weighted by Crippen LogP contribution is 1.99. The summed E-state index contributed by atoms with van der Waals surface area (Å²) in [5.41, 5.74) is 0.543. The van der Waals surface area contributed by atoms with E-state index in [1.165, 1.54) is 18.2 Å². The van der Waals surface area contributed by atoms with Crippen molar-refractivity contribution in [2.45, 2.75) is 0 Å². The zero-order chi connectivity index (χ0) is 7.56. The molecule has 3 nitrogen and oxygen atoms in total. The largest absolute Gasteiger partial charge is 0.298 e. The van der Waals surface area contributed by atoms with Gasteiger partial charge in [0.25, 0.3) is 0 Å². The Labute approximate surface area is 57.6 Å². The molecule has 2 N–H and O–H groups in total. The second-order valence-electron chi connectivity index (χ2n) is 1.92. The van der Waals surface area contributed by atoms with Crippen LogP contribution in [0.1, 0.15) is 0 Å². The molecular formula is C7H6NO2+. The van der Waals surface area contributed by atoms with Gasteiger partial charge in [0, 0.05) is 11.6 Å². The minimum absolute atomic E-state index is 0.115. The van der Waals surface area contributed by atoms with Gasteiger partial charge in [-0.3, -0.25) is 15.0 Å². The van der Waals surface area contributed by atoms with Crippen molar-refractivity contribution >= 4 is 17.8 Å². The van der Waals surface area contributed by atoms with Crippen molar-refractivity contribution in [3.8, 4) is 0 Å². The molecule has 3 heteroatoms. The van der Waals surface area contributed by atoms with E-state index in [-0.39, 0.29) is 11.5 Å². The van der Waals surface area contributed by atoms with Crippen LogP contribution in [-0.4, -0.2) is 17.8 Å². The summed E-state index contributed by atoms with van der Waals surface area (Å²) in [4.78, 5) is 20.8. The summed E-state index contributed by atoms with van der Waals surface area (Å²) in [5, 5.41) is 5.22. The standard InChI is InChI=1S/C7H5NO2/c8-6-3-5(4-9)1-2-7(6)10/h1-4,8H/p+1. The SMILES string of the molecule is [NH2+]=C1C=C(C=O)C=CC1=O. The lowest BCUT2D eigenvalue weighted by atomic mass is 10.1. The number of nitrogens with two attached hydrogens (primary N) is 1. The Morgan fingerprint density at radius 3 is 2.60 bits per heavy atom. The smallest absolute Gasteiger partial charge is 0.249 e. The molecule has 0 spiro atoms. The van der Waals surface area contributed by atoms with Gasteiger partial charge in [0.15, 0.2) is 0 Å². The number of rotatable bonds is 1. The normalized spacial score (nSPS) is 17.0. The maximum atomic E-state index is 10.6. The highest BCUT2D eigenvalue weighted by molar-refractivity contribution is 6.47. The summed E-state index contributed by atoms with van der Waals surface area (Å²) < 4.78 is 0. The number of aldehydes is 1. The summed E-state index contributed by atoms with van der Waals surface area (Å²) in [6.07, 6.45) is 4.72. The molecule has 0 aromatic rings. The van der Waals surface area contributed by atoms with Gasteiger partial charge in [-0.1, -0.05) is 0 Å². The molecule has 0 heterocycles. The van der Waals surface area contributed by atoms with Crippen molar-refractivity contribution in [2.24, 2.45) is 0 Å². The van der Waals surface area contributed by atoms with E-state index >= 15 is 0 Å². The van der Waals surface area contributed by atoms with Gasteiger partial charge in [0.05, 0.1) is 0 Å². The van der Waals surface area contributed by atoms with Gasteiger partial charge in [-0.05, 0) is 12.2 Å². The first kappa shape index (κ1) is 6.61. The van der Waals surface area contributed by atoms with Crippen LogP contribution in [0.15, 0.2) is 23.8 Å². The van der Waals surface area contributed by atoms with Crippen LogP contribution in [0.5, 0.6) is 0 Å². The predicted molar refractivity (Wildman–Crippen MR) is 35.2 cm³/mol. The second kappa shape index (κ2) is 2.39. The van der Waals surface area contributed by atoms with Gasteiger partial charge in [0.1, 0.15) is 6.29 Å². The Hall–Kier alpha value is -1.51. The predicted octanol–water partition coefficient (Wildman–Crippen LogP) is -1.55. The van der Waals surface area contributed by atoms with Crippen LogP contribution < -0.4 is 5.41 Å². The van der Waals surface area contributed by atoms with Crippen LogP contribution in [-0.2, 0) is 9.59 Å². The fourth-order valence-electron chi connectivity index (χ4n) is 0.640. The molecule has 0 aliphatic heterocycles. The first-order chi connectivity index (χ1) is 4.74. The molecule has 1 aliphatic rings. The van der Waals surface area contributed by atoms with Gasteiger partial charge in [-0.2, -0.15) is 0 Å². The number of hydrogen-bond donors (Lipinski definition) is 1. The van der Waals surface area contributed by atoms with Crippen LogP contribution >= 0.6 is 0 Å². The Bertz CT molecular complexity index is 261. The summed E-state index contributed by atoms with van der Waals surface area (Å²) in [6, 6.07) is 0. The molecular weight excluding hydrogens is 130 g/mol. The number of hydrogen-bond acceptors (Lipinski definition) is 2. The Balaban J connectivity index is 2.96. The van der Waals surface area contributed by atoms with E-state index in [9.17, 15) is 9.59 Å². The summed E-state index contributed by atoms with van der Waals surface area (Å²) in [7, 11) is 0. The first-order valence-corrected chi connectivity index (χ1v) is 2.76. The second-order valence-corrected chi connectivity index (χ2v) is 1.92. The molecule has 0 bridgehead atoms. The molecule has 0 aromatic carbocycles. The fraction of sp³-hybridized carbons (Fsp3) is 0. The maximum Gasteiger partial charge on any atom is 0.249 e. The van der Waals surface area contributed by atoms with Crippen molar-refractivity contribution in [2.75, 3.05) is 0 Å². The molecule has 0 fully saturated rings. The minimum Gasteiger partial charge on any atom is -0.298 e. The number of allylic oxidation sites excluding steroid dienone is 4. The average molecular weight is 136 g/mol. The summed E-state index contributed by atoms with van der Waals surface area (Å²) in [6.45, 7) is 0. The number of ketones is 1. The van der Waals surface area contributed by atoms with E-state index in [4.69, 9.17) is 5.41 Å². The van der Waals surface area contributed by atoms with Gasteiger partial charge in [-0.25, -0.2) is 0 Å². The molecule has 0 amide bonds. The van der Waals surface area contributed by atoms with Crippen LogP contribution in [0.3, 0.4) is 0 Å². The Morgan fingerprint density at radius 2 is 2.10 bits per heavy atom. The van der Waals surface area contributed by atoms with E-state index in [0.717, 1.165) is 0 Å². The lowest BCUT2D eigenvalue weighted by Gasteiger charge is -1.93. The number of carbonyl (C=O) groups excluding carboxylic acids is 2. The third-order valence-electron chi connectivity index (χ3n) is 1.17. The van der Waals surface area contributed by atoms with E-state index in [1.54, 1.807) is 0 Å². The highest BCUT2D eigenvalue weighted by Gasteiger charge is 2.13. The van der Waals surface area contributed by atoms with Crippen LogP contribution in [0.4, 0.5) is 0 Å². The van der Waals surface area contributed by atoms with E-state index in [1.807, 2.05) is 0 Å². The zero-order valence-corrected chi connectivity index (χ0v) is 5.20. The fourth-order valence-corrected chi connectivity index (χ4v) is 0.640. The molecule has 10 heavy (non-hydrogen) atoms. The molecule has 0 saturated carbocycles. The molecule has 0 unspecified atom stereocenters. The van der Waals surface area contributed by atoms with Crippen LogP contribution in [0, 0.1) is 0 Å². The molecule has 0 saturated heterocycles. The zero-order valence-electron chi connectivity index (χ0n) is 5.20. The third kappa shape index (κ3) is 1.07. The van der Waals surface area contributed by atoms with Crippen molar-refractivity contribution < 1.29 is 15.0 Å². The Kier molecular flexibility index (Phi) is 1.58. The number of carbonyl (C=O) groups is 2. The van der Waals surface area contributed by atoms with E-state index in [2.05, 4.69) is 0 Å². The first-order valence-electron chi connectivity index (χ1n) is 2.76. The van der Waals surface area contributed by atoms with Gasteiger partial charge < -0.3 is 0 Å². The molecule has 1 rings (SSSR count). The summed E-state index contributed by atoms with van der Waals surface area (Å²) in [5.74, 6) is -0.245. The van der Waals surface area contributed by atoms with Crippen molar-refractivity contribution in [3.05, 3.63) is 23.8 Å². The highest BCUT2D eigenvalue weighted by atomic mass is 16.1. The molecule has 1 aliphatic carbocycles. The van der Waals surface area contributed by atoms with Crippen molar-refractivity contribution in [1.29, 1.82) is 0 Å². The maximum absolute atomic E-state index is 10.6. The average Bonchev–Trinajstić information content (AvgIpc) is 1.95. The lowest BCUT2D eigenvalue weighted by Crippen LogP contribution is -2.43.